The van der Waals surface area contributed by atoms with Crippen LogP contribution in [0.15, 0.2) is 12.1 Å². The molecule has 0 bridgehead atoms. The summed E-state index contributed by atoms with van der Waals surface area (Å²) in [6, 6.07) is 3.86. The van der Waals surface area contributed by atoms with Crippen molar-refractivity contribution < 1.29 is 0 Å². The van der Waals surface area contributed by atoms with E-state index in [9.17, 15) is 0 Å². The van der Waals surface area contributed by atoms with E-state index in [2.05, 4.69) is 49.3 Å². The minimum absolute atomic E-state index is 0.663. The number of thiazole rings is 1. The van der Waals surface area contributed by atoms with Crippen LogP contribution in [0.2, 0.25) is 0 Å². The summed E-state index contributed by atoms with van der Waals surface area (Å²) in [5.74, 6) is 0.908. The van der Waals surface area contributed by atoms with E-state index in [1.807, 2.05) is 12.1 Å². The van der Waals surface area contributed by atoms with E-state index >= 15 is 0 Å². The Hall–Kier alpha value is -2.29. The molecule has 4 heterocycles. The van der Waals surface area contributed by atoms with Crippen LogP contribution in [-0.4, -0.2) is 56.4 Å². The molecule has 1 aliphatic heterocycles. The summed E-state index contributed by atoms with van der Waals surface area (Å²) in [5.41, 5.74) is 1.80. The van der Waals surface area contributed by atoms with Crippen molar-refractivity contribution in [2.75, 3.05) is 36.0 Å². The molecule has 0 atom stereocenters. The fourth-order valence-electron chi connectivity index (χ4n) is 2.53. The summed E-state index contributed by atoms with van der Waals surface area (Å²) < 4.78 is 1.47. The average molecular weight is 316 g/mol. The molecule has 4 rings (SSSR count). The van der Waals surface area contributed by atoms with Gasteiger partial charge < -0.3 is 9.80 Å². The van der Waals surface area contributed by atoms with E-state index in [-0.39, 0.29) is 0 Å². The van der Waals surface area contributed by atoms with E-state index in [1.54, 1.807) is 11.3 Å². The summed E-state index contributed by atoms with van der Waals surface area (Å²) >= 11 is 1.77. The molecule has 0 unspecified atom stereocenters. The molecule has 0 aliphatic carbocycles. The van der Waals surface area contributed by atoms with Gasteiger partial charge in [-0.1, -0.05) is 0 Å². The predicted octanol–water partition coefficient (Wildman–Crippen LogP) is 0.919. The molecule has 9 heteroatoms. The average Bonchev–Trinajstić information content (AvgIpc) is 3.14. The third-order valence-electron chi connectivity index (χ3n) is 3.95. The molecular formula is C13H16N8S. The molecule has 0 spiro atoms. The monoisotopic (exact) mass is 316 g/mol. The van der Waals surface area contributed by atoms with Crippen molar-refractivity contribution in [3.05, 3.63) is 22.7 Å². The smallest absolute Gasteiger partial charge is 0.200 e. The SMILES string of the molecule is Cc1nc(N2CCN(c3ccc4nnnn4n3)CC2)sc1C. The van der Waals surface area contributed by atoms with Crippen LogP contribution in [0.1, 0.15) is 10.6 Å². The van der Waals surface area contributed by atoms with Crippen molar-refractivity contribution in [1.29, 1.82) is 0 Å². The van der Waals surface area contributed by atoms with Crippen LogP contribution in [0, 0.1) is 13.8 Å². The normalized spacial score (nSPS) is 15.7. The molecule has 3 aromatic rings. The minimum Gasteiger partial charge on any atom is -0.352 e. The molecule has 114 valence electrons. The largest absolute Gasteiger partial charge is 0.352 e. The summed E-state index contributed by atoms with van der Waals surface area (Å²) in [7, 11) is 0. The van der Waals surface area contributed by atoms with Crippen LogP contribution in [0.4, 0.5) is 10.9 Å². The standard InChI is InChI=1S/C13H16N8S/c1-9-10(2)22-13(14-9)20-7-5-19(6-8-20)12-4-3-11-15-17-18-21(11)16-12/h3-4H,5-8H2,1-2H3. The van der Waals surface area contributed by atoms with E-state index in [4.69, 9.17) is 0 Å². The first-order valence-corrected chi connectivity index (χ1v) is 8.02. The zero-order valence-corrected chi connectivity index (χ0v) is 13.3. The van der Waals surface area contributed by atoms with Gasteiger partial charge in [0, 0.05) is 31.1 Å². The number of piperazine rings is 1. The molecular weight excluding hydrogens is 300 g/mol. The highest BCUT2D eigenvalue weighted by molar-refractivity contribution is 7.15. The third-order valence-corrected chi connectivity index (χ3v) is 5.08. The Labute approximate surface area is 131 Å². The van der Waals surface area contributed by atoms with Gasteiger partial charge in [-0.3, -0.25) is 0 Å². The van der Waals surface area contributed by atoms with Crippen LogP contribution >= 0.6 is 11.3 Å². The van der Waals surface area contributed by atoms with Crippen molar-refractivity contribution in [2.24, 2.45) is 0 Å². The number of hydrogen-bond acceptors (Lipinski definition) is 8. The second-order valence-electron chi connectivity index (χ2n) is 5.33. The first-order chi connectivity index (χ1) is 10.7. The number of rotatable bonds is 2. The highest BCUT2D eigenvalue weighted by Crippen LogP contribution is 2.26. The molecule has 0 amide bonds. The first kappa shape index (κ1) is 13.4. The maximum absolute atomic E-state index is 4.65. The molecule has 8 nitrogen and oxygen atoms in total. The Bertz CT molecular complexity index is 782. The number of nitrogens with zero attached hydrogens (tertiary/aromatic N) is 8. The van der Waals surface area contributed by atoms with Gasteiger partial charge in [0.25, 0.3) is 0 Å². The summed E-state index contributed by atoms with van der Waals surface area (Å²) in [4.78, 5) is 10.5. The van der Waals surface area contributed by atoms with E-state index < -0.39 is 0 Å². The fraction of sp³-hybridized carbons (Fsp3) is 0.462. The van der Waals surface area contributed by atoms with Gasteiger partial charge in [-0.05, 0) is 36.4 Å². The molecule has 0 radical (unpaired) electrons. The van der Waals surface area contributed by atoms with Crippen molar-refractivity contribution >= 4 is 27.9 Å². The van der Waals surface area contributed by atoms with Crippen LogP contribution in [0.5, 0.6) is 0 Å². The maximum Gasteiger partial charge on any atom is 0.200 e. The van der Waals surface area contributed by atoms with Crippen LogP contribution < -0.4 is 9.80 Å². The van der Waals surface area contributed by atoms with Crippen LogP contribution in [0.25, 0.3) is 5.65 Å². The lowest BCUT2D eigenvalue weighted by molar-refractivity contribution is 0.631. The molecule has 1 fully saturated rings. The highest BCUT2D eigenvalue weighted by atomic mass is 32.1. The van der Waals surface area contributed by atoms with Gasteiger partial charge in [-0.15, -0.1) is 26.2 Å². The number of tetrazole rings is 1. The van der Waals surface area contributed by atoms with Crippen molar-refractivity contribution in [3.63, 3.8) is 0 Å². The van der Waals surface area contributed by atoms with Crippen LogP contribution in [0.3, 0.4) is 0 Å². The number of aromatic nitrogens is 6. The lowest BCUT2D eigenvalue weighted by Gasteiger charge is -2.35. The second-order valence-corrected chi connectivity index (χ2v) is 6.51. The van der Waals surface area contributed by atoms with E-state index in [1.165, 1.54) is 9.51 Å². The third kappa shape index (κ3) is 2.27. The van der Waals surface area contributed by atoms with Gasteiger partial charge in [-0.2, -0.15) is 0 Å². The van der Waals surface area contributed by atoms with Gasteiger partial charge in [0.2, 0.25) is 0 Å². The Morgan fingerprint density at radius 1 is 1.05 bits per heavy atom. The number of anilines is 2. The Morgan fingerprint density at radius 3 is 2.55 bits per heavy atom. The van der Waals surface area contributed by atoms with E-state index in [0.29, 0.717) is 5.65 Å². The molecule has 3 aromatic heterocycles. The number of aryl methyl sites for hydroxylation is 2. The highest BCUT2D eigenvalue weighted by Gasteiger charge is 2.21. The van der Waals surface area contributed by atoms with Gasteiger partial charge in [0.05, 0.1) is 5.69 Å². The fourth-order valence-corrected chi connectivity index (χ4v) is 3.49. The Balaban J connectivity index is 1.49. The lowest BCUT2D eigenvalue weighted by atomic mass is 10.3. The molecule has 1 saturated heterocycles. The van der Waals surface area contributed by atoms with E-state index in [0.717, 1.165) is 42.8 Å². The second kappa shape index (κ2) is 5.16. The lowest BCUT2D eigenvalue weighted by Crippen LogP contribution is -2.47. The zero-order valence-electron chi connectivity index (χ0n) is 12.5. The van der Waals surface area contributed by atoms with Gasteiger partial charge in [0.1, 0.15) is 0 Å². The van der Waals surface area contributed by atoms with Crippen molar-refractivity contribution in [3.8, 4) is 0 Å². The summed E-state index contributed by atoms with van der Waals surface area (Å²) in [5, 5.41) is 16.9. The maximum atomic E-state index is 4.65. The Morgan fingerprint density at radius 2 is 1.82 bits per heavy atom. The molecule has 0 saturated carbocycles. The van der Waals surface area contributed by atoms with Gasteiger partial charge in [0.15, 0.2) is 16.6 Å². The van der Waals surface area contributed by atoms with Crippen molar-refractivity contribution in [1.82, 2.24) is 30.2 Å². The predicted molar refractivity (Wildman–Crippen MR) is 84.6 cm³/mol. The first-order valence-electron chi connectivity index (χ1n) is 7.20. The van der Waals surface area contributed by atoms with Gasteiger partial charge in [-0.25, -0.2) is 4.98 Å². The van der Waals surface area contributed by atoms with Crippen molar-refractivity contribution in [2.45, 2.75) is 13.8 Å². The zero-order chi connectivity index (χ0) is 15.1. The minimum atomic E-state index is 0.663. The van der Waals surface area contributed by atoms with Crippen LogP contribution in [-0.2, 0) is 0 Å². The topological polar surface area (TPSA) is 75.3 Å². The summed E-state index contributed by atoms with van der Waals surface area (Å²) in [6.07, 6.45) is 0. The molecule has 1 aliphatic rings. The quantitative estimate of drug-likeness (QED) is 0.696. The van der Waals surface area contributed by atoms with Gasteiger partial charge >= 0.3 is 0 Å². The Kier molecular flexibility index (Phi) is 3.14. The molecule has 22 heavy (non-hydrogen) atoms. The molecule has 0 aromatic carbocycles. The number of fused-ring (bicyclic) bond motifs is 1. The number of hydrogen-bond donors (Lipinski definition) is 0. The molecule has 0 N–H and O–H groups in total. The summed E-state index contributed by atoms with van der Waals surface area (Å²) in [6.45, 7) is 7.91.